The number of rotatable bonds is 3. The Morgan fingerprint density at radius 2 is 1.93 bits per heavy atom. The van der Waals surface area contributed by atoms with Crippen LogP contribution in [0.3, 0.4) is 0 Å². The highest BCUT2D eigenvalue weighted by molar-refractivity contribution is 5.42. The Bertz CT molecular complexity index is 318. The number of aryl methyl sites for hydroxylation is 2. The molecule has 0 saturated carbocycles. The van der Waals surface area contributed by atoms with Gasteiger partial charge in [-0.25, -0.2) is 0 Å². The molecule has 78 valence electrons. The fourth-order valence-corrected chi connectivity index (χ4v) is 1.66. The van der Waals surface area contributed by atoms with Gasteiger partial charge in [0.2, 0.25) is 0 Å². The Balaban J connectivity index is 3.14. The maximum Gasteiger partial charge on any atom is 0.122 e. The molecular weight excluding hydrogens is 176 g/mol. The Morgan fingerprint density at radius 1 is 1.29 bits per heavy atom. The van der Waals surface area contributed by atoms with Crippen molar-refractivity contribution in [1.82, 2.24) is 0 Å². The van der Waals surface area contributed by atoms with E-state index in [0.29, 0.717) is 0 Å². The number of aliphatic hydroxyl groups excluding tert-OH is 1. The molecule has 0 aromatic heterocycles. The summed E-state index contributed by atoms with van der Waals surface area (Å²) in [4.78, 5) is 0. The van der Waals surface area contributed by atoms with Crippen LogP contribution in [0.5, 0.6) is 5.75 Å². The van der Waals surface area contributed by atoms with Crippen molar-refractivity contribution >= 4 is 0 Å². The summed E-state index contributed by atoms with van der Waals surface area (Å²) in [6.45, 7) is 6.27. The summed E-state index contributed by atoms with van der Waals surface area (Å²) in [5.74, 6) is 1.11. The fraction of sp³-hybridized carbons (Fsp3) is 0.500. The van der Waals surface area contributed by atoms with Crippen LogP contribution in [0, 0.1) is 13.8 Å². The van der Waals surface area contributed by atoms with E-state index in [1.54, 1.807) is 7.11 Å². The van der Waals surface area contributed by atoms with Crippen LogP contribution in [0.25, 0.3) is 0 Å². The monoisotopic (exact) mass is 194 g/mol. The van der Waals surface area contributed by atoms with E-state index < -0.39 is 0 Å². The second-order valence-corrected chi connectivity index (χ2v) is 3.76. The quantitative estimate of drug-likeness (QED) is 0.800. The molecule has 0 fully saturated rings. The lowest BCUT2D eigenvalue weighted by Crippen LogP contribution is -2.02. The summed E-state index contributed by atoms with van der Waals surface area (Å²) in [6, 6.07) is 4.12. The summed E-state index contributed by atoms with van der Waals surface area (Å²) in [7, 11) is 1.68. The minimum atomic E-state index is 0.187. The second-order valence-electron chi connectivity index (χ2n) is 3.76. The molecule has 1 N–H and O–H groups in total. The highest BCUT2D eigenvalue weighted by Gasteiger charge is 2.10. The summed E-state index contributed by atoms with van der Waals surface area (Å²) in [5, 5.41) is 9.10. The molecule has 1 aromatic carbocycles. The molecule has 0 saturated heterocycles. The smallest absolute Gasteiger partial charge is 0.122 e. The van der Waals surface area contributed by atoms with Crippen LogP contribution in [0.15, 0.2) is 12.1 Å². The summed E-state index contributed by atoms with van der Waals surface area (Å²) < 4.78 is 5.23. The molecule has 0 aliphatic rings. The van der Waals surface area contributed by atoms with Crippen LogP contribution in [0.4, 0.5) is 0 Å². The van der Waals surface area contributed by atoms with Crippen LogP contribution in [0.1, 0.15) is 29.5 Å². The highest BCUT2D eigenvalue weighted by Crippen LogP contribution is 2.27. The van der Waals surface area contributed by atoms with E-state index in [9.17, 15) is 0 Å². The molecular formula is C12H18O2. The first kappa shape index (κ1) is 11.1. The van der Waals surface area contributed by atoms with Crippen molar-refractivity contribution in [2.24, 2.45) is 0 Å². The number of hydrogen-bond acceptors (Lipinski definition) is 2. The number of ether oxygens (including phenoxy) is 1. The Morgan fingerprint density at radius 3 is 2.43 bits per heavy atom. The molecule has 0 bridgehead atoms. The Labute approximate surface area is 85.5 Å². The molecule has 1 aromatic rings. The summed E-state index contributed by atoms with van der Waals surface area (Å²) in [5.41, 5.74) is 3.49. The molecule has 0 amide bonds. The van der Waals surface area contributed by atoms with E-state index in [-0.39, 0.29) is 12.5 Å². The molecule has 0 aliphatic heterocycles. The van der Waals surface area contributed by atoms with Gasteiger partial charge < -0.3 is 9.84 Å². The van der Waals surface area contributed by atoms with Crippen molar-refractivity contribution in [2.75, 3.05) is 13.7 Å². The largest absolute Gasteiger partial charge is 0.496 e. The lowest BCUT2D eigenvalue weighted by atomic mass is 9.95. The number of benzene rings is 1. The first-order chi connectivity index (χ1) is 6.60. The minimum Gasteiger partial charge on any atom is -0.496 e. The van der Waals surface area contributed by atoms with Crippen LogP contribution in [-0.2, 0) is 0 Å². The van der Waals surface area contributed by atoms with Crippen molar-refractivity contribution in [2.45, 2.75) is 26.7 Å². The molecule has 1 rings (SSSR count). The molecule has 1 unspecified atom stereocenters. The average Bonchev–Trinajstić information content (AvgIpc) is 2.19. The third-order valence-electron chi connectivity index (χ3n) is 2.59. The zero-order chi connectivity index (χ0) is 10.7. The first-order valence-corrected chi connectivity index (χ1v) is 4.86. The van der Waals surface area contributed by atoms with Gasteiger partial charge in [0.05, 0.1) is 7.11 Å². The van der Waals surface area contributed by atoms with Crippen molar-refractivity contribution < 1.29 is 9.84 Å². The van der Waals surface area contributed by atoms with E-state index >= 15 is 0 Å². The number of hydrogen-bond donors (Lipinski definition) is 1. The Hall–Kier alpha value is -1.02. The third kappa shape index (κ3) is 2.07. The second kappa shape index (κ2) is 4.47. The molecule has 14 heavy (non-hydrogen) atoms. The maximum absolute atomic E-state index is 9.10. The molecule has 2 nitrogen and oxygen atoms in total. The predicted molar refractivity (Wildman–Crippen MR) is 58.0 cm³/mol. The normalized spacial score (nSPS) is 12.6. The average molecular weight is 194 g/mol. The number of aliphatic hydroxyl groups is 1. The van der Waals surface area contributed by atoms with Crippen molar-refractivity contribution in [3.63, 3.8) is 0 Å². The van der Waals surface area contributed by atoms with Gasteiger partial charge in [-0.2, -0.15) is 0 Å². The standard InChI is InChI=1S/C12H18O2/c1-8-6-12(14-4)9(2)5-11(8)10(3)7-13/h5-6,10,13H,7H2,1-4H3. The van der Waals surface area contributed by atoms with Crippen LogP contribution < -0.4 is 4.74 Å². The SMILES string of the molecule is COc1cc(C)c(C(C)CO)cc1C. The van der Waals surface area contributed by atoms with Gasteiger partial charge in [-0.05, 0) is 36.6 Å². The summed E-state index contributed by atoms with van der Waals surface area (Å²) >= 11 is 0. The molecule has 2 heteroatoms. The molecule has 0 heterocycles. The van der Waals surface area contributed by atoms with Crippen LogP contribution in [0.2, 0.25) is 0 Å². The lowest BCUT2D eigenvalue weighted by Gasteiger charge is -2.15. The van der Waals surface area contributed by atoms with Gasteiger partial charge in [-0.15, -0.1) is 0 Å². The van der Waals surface area contributed by atoms with Gasteiger partial charge >= 0.3 is 0 Å². The van der Waals surface area contributed by atoms with E-state index in [2.05, 4.69) is 6.07 Å². The maximum atomic E-state index is 9.10. The zero-order valence-corrected chi connectivity index (χ0v) is 9.29. The zero-order valence-electron chi connectivity index (χ0n) is 9.29. The number of methoxy groups -OCH3 is 1. The van der Waals surface area contributed by atoms with Gasteiger partial charge in [0.25, 0.3) is 0 Å². The van der Waals surface area contributed by atoms with E-state index in [4.69, 9.17) is 9.84 Å². The van der Waals surface area contributed by atoms with E-state index in [1.807, 2.05) is 26.8 Å². The molecule has 0 radical (unpaired) electrons. The van der Waals surface area contributed by atoms with Gasteiger partial charge in [0.1, 0.15) is 5.75 Å². The molecule has 1 atom stereocenters. The summed E-state index contributed by atoms with van der Waals surface area (Å²) in [6.07, 6.45) is 0. The van der Waals surface area contributed by atoms with E-state index in [0.717, 1.165) is 11.3 Å². The van der Waals surface area contributed by atoms with Crippen LogP contribution in [-0.4, -0.2) is 18.8 Å². The molecule has 0 spiro atoms. The molecule has 0 aliphatic carbocycles. The van der Waals surface area contributed by atoms with Crippen molar-refractivity contribution in [1.29, 1.82) is 0 Å². The van der Waals surface area contributed by atoms with Gasteiger partial charge in [-0.3, -0.25) is 0 Å². The van der Waals surface area contributed by atoms with Crippen molar-refractivity contribution in [3.05, 3.63) is 28.8 Å². The van der Waals surface area contributed by atoms with Crippen LogP contribution >= 0.6 is 0 Å². The highest BCUT2D eigenvalue weighted by atomic mass is 16.5. The topological polar surface area (TPSA) is 29.5 Å². The minimum absolute atomic E-state index is 0.187. The van der Waals surface area contributed by atoms with Crippen molar-refractivity contribution in [3.8, 4) is 5.75 Å². The third-order valence-corrected chi connectivity index (χ3v) is 2.59. The first-order valence-electron chi connectivity index (χ1n) is 4.86. The lowest BCUT2D eigenvalue weighted by molar-refractivity contribution is 0.272. The van der Waals surface area contributed by atoms with E-state index in [1.165, 1.54) is 11.1 Å². The van der Waals surface area contributed by atoms with Gasteiger partial charge in [0.15, 0.2) is 0 Å². The van der Waals surface area contributed by atoms with Gasteiger partial charge in [0, 0.05) is 12.5 Å². The van der Waals surface area contributed by atoms with Gasteiger partial charge in [-0.1, -0.05) is 13.0 Å². The fourth-order valence-electron chi connectivity index (χ4n) is 1.66. The predicted octanol–water partition coefficient (Wildman–Crippen LogP) is 2.41. The Kier molecular flexibility index (Phi) is 3.53.